The minimum atomic E-state index is -0.435. The van der Waals surface area contributed by atoms with E-state index in [2.05, 4.69) is 5.16 Å². The van der Waals surface area contributed by atoms with Gasteiger partial charge in [-0.25, -0.2) is 4.79 Å². The van der Waals surface area contributed by atoms with E-state index in [1.165, 1.54) is 20.5 Å². The summed E-state index contributed by atoms with van der Waals surface area (Å²) >= 11 is 1.58. The van der Waals surface area contributed by atoms with Crippen molar-refractivity contribution in [2.75, 3.05) is 14.2 Å². The SMILES string of the molecule is CCC(=NOCc1ccccc1)SCc1ccccc1C(=COC)C(=O)OC. The van der Waals surface area contributed by atoms with Crippen molar-refractivity contribution in [2.24, 2.45) is 5.16 Å². The number of carbonyl (C=O) groups excluding carboxylic acids is 1. The molecule has 2 rings (SSSR count). The van der Waals surface area contributed by atoms with E-state index < -0.39 is 5.97 Å². The quantitative estimate of drug-likeness (QED) is 0.148. The molecular weight excluding hydrogens is 374 g/mol. The Morgan fingerprint density at radius 3 is 2.46 bits per heavy atom. The van der Waals surface area contributed by atoms with E-state index in [1.807, 2.05) is 61.5 Å². The van der Waals surface area contributed by atoms with E-state index in [1.54, 1.807) is 11.8 Å². The van der Waals surface area contributed by atoms with Gasteiger partial charge in [-0.05, 0) is 23.1 Å². The number of thioether (sulfide) groups is 1. The molecule has 0 fully saturated rings. The number of ether oxygens (including phenoxy) is 2. The molecule has 0 bridgehead atoms. The smallest absolute Gasteiger partial charge is 0.341 e. The molecule has 0 radical (unpaired) electrons. The predicted molar refractivity (Wildman–Crippen MR) is 114 cm³/mol. The van der Waals surface area contributed by atoms with E-state index in [-0.39, 0.29) is 0 Å². The topological polar surface area (TPSA) is 57.1 Å². The third kappa shape index (κ3) is 6.46. The fraction of sp³-hybridized carbons (Fsp3) is 0.273. The van der Waals surface area contributed by atoms with Gasteiger partial charge >= 0.3 is 5.97 Å². The molecule has 0 aliphatic heterocycles. The zero-order valence-corrected chi connectivity index (χ0v) is 17.2. The van der Waals surface area contributed by atoms with Crippen molar-refractivity contribution in [3.05, 3.63) is 77.5 Å². The van der Waals surface area contributed by atoms with E-state index in [0.717, 1.165) is 28.2 Å². The van der Waals surface area contributed by atoms with Crippen molar-refractivity contribution in [2.45, 2.75) is 25.7 Å². The van der Waals surface area contributed by atoms with E-state index in [0.29, 0.717) is 17.9 Å². The first-order valence-corrected chi connectivity index (χ1v) is 9.93. The Kier molecular flexibility index (Phi) is 9.15. The summed E-state index contributed by atoms with van der Waals surface area (Å²) in [4.78, 5) is 17.6. The van der Waals surface area contributed by atoms with Crippen molar-refractivity contribution in [3.63, 3.8) is 0 Å². The molecule has 28 heavy (non-hydrogen) atoms. The number of hydrogen-bond acceptors (Lipinski definition) is 6. The minimum Gasteiger partial charge on any atom is -0.503 e. The highest BCUT2D eigenvalue weighted by Gasteiger charge is 2.17. The molecule has 0 aliphatic carbocycles. The fourth-order valence-electron chi connectivity index (χ4n) is 2.47. The molecule has 0 saturated carbocycles. The van der Waals surface area contributed by atoms with Gasteiger partial charge < -0.3 is 14.3 Å². The largest absolute Gasteiger partial charge is 0.503 e. The molecule has 0 N–H and O–H groups in total. The van der Waals surface area contributed by atoms with Gasteiger partial charge in [-0.1, -0.05) is 66.7 Å². The normalized spacial score (nSPS) is 11.8. The summed E-state index contributed by atoms with van der Waals surface area (Å²) in [5, 5.41) is 5.15. The van der Waals surface area contributed by atoms with Crippen LogP contribution < -0.4 is 0 Å². The first-order chi connectivity index (χ1) is 13.7. The number of rotatable bonds is 9. The van der Waals surface area contributed by atoms with Gasteiger partial charge in [0.1, 0.15) is 17.2 Å². The van der Waals surface area contributed by atoms with Gasteiger partial charge in [0.25, 0.3) is 0 Å². The zero-order chi connectivity index (χ0) is 20.2. The second kappa shape index (κ2) is 11.9. The summed E-state index contributed by atoms with van der Waals surface area (Å²) in [6, 6.07) is 17.6. The zero-order valence-electron chi connectivity index (χ0n) is 16.4. The lowest BCUT2D eigenvalue weighted by Crippen LogP contribution is -2.07. The molecule has 0 aromatic heterocycles. The van der Waals surface area contributed by atoms with Crippen LogP contribution in [0.4, 0.5) is 0 Å². The van der Waals surface area contributed by atoms with Crippen LogP contribution >= 0.6 is 11.8 Å². The Bertz CT molecular complexity index is 818. The Morgan fingerprint density at radius 1 is 1.07 bits per heavy atom. The highest BCUT2D eigenvalue weighted by atomic mass is 32.2. The van der Waals surface area contributed by atoms with Crippen LogP contribution in [0, 0.1) is 0 Å². The Morgan fingerprint density at radius 2 is 1.79 bits per heavy atom. The van der Waals surface area contributed by atoms with Crippen molar-refractivity contribution >= 4 is 28.3 Å². The third-order valence-electron chi connectivity index (χ3n) is 3.89. The summed E-state index contributed by atoms with van der Waals surface area (Å²) in [5.41, 5.74) is 3.23. The number of carbonyl (C=O) groups is 1. The molecule has 6 heteroatoms. The van der Waals surface area contributed by atoms with Crippen LogP contribution in [0.25, 0.3) is 5.57 Å². The first kappa shape index (κ1) is 21.6. The lowest BCUT2D eigenvalue weighted by Gasteiger charge is -2.12. The van der Waals surface area contributed by atoms with Crippen molar-refractivity contribution in [1.82, 2.24) is 0 Å². The monoisotopic (exact) mass is 399 g/mol. The number of benzene rings is 2. The number of nitrogens with zero attached hydrogens (tertiary/aromatic N) is 1. The van der Waals surface area contributed by atoms with Crippen LogP contribution in [0.1, 0.15) is 30.0 Å². The lowest BCUT2D eigenvalue weighted by molar-refractivity contribution is -0.133. The van der Waals surface area contributed by atoms with Gasteiger partial charge in [-0.2, -0.15) is 0 Å². The van der Waals surface area contributed by atoms with Crippen LogP contribution in [-0.4, -0.2) is 25.2 Å². The average Bonchev–Trinajstić information content (AvgIpc) is 2.75. The van der Waals surface area contributed by atoms with E-state index in [4.69, 9.17) is 14.3 Å². The van der Waals surface area contributed by atoms with Crippen molar-refractivity contribution in [3.8, 4) is 0 Å². The molecule has 0 spiro atoms. The van der Waals surface area contributed by atoms with Gasteiger partial charge in [-0.3, -0.25) is 0 Å². The van der Waals surface area contributed by atoms with Crippen LogP contribution in [0.15, 0.2) is 66.0 Å². The van der Waals surface area contributed by atoms with E-state index >= 15 is 0 Å². The second-order valence-corrected chi connectivity index (χ2v) is 6.85. The molecule has 0 saturated heterocycles. The fourth-order valence-corrected chi connectivity index (χ4v) is 3.35. The Labute approximate surface area is 170 Å². The summed E-state index contributed by atoms with van der Waals surface area (Å²) < 4.78 is 9.94. The van der Waals surface area contributed by atoms with Gasteiger partial charge in [0.05, 0.1) is 20.5 Å². The van der Waals surface area contributed by atoms with Gasteiger partial charge in [-0.15, -0.1) is 11.8 Å². The van der Waals surface area contributed by atoms with Crippen molar-refractivity contribution in [1.29, 1.82) is 0 Å². The Hall–Kier alpha value is -2.73. The minimum absolute atomic E-state index is 0.386. The predicted octanol–water partition coefficient (Wildman–Crippen LogP) is 5.02. The average molecular weight is 400 g/mol. The van der Waals surface area contributed by atoms with Crippen molar-refractivity contribution < 1.29 is 19.1 Å². The standard InChI is InChI=1S/C22H25NO4S/c1-4-21(23-27-14-17-10-6-5-7-11-17)28-16-18-12-8-9-13-19(18)20(15-25-2)22(24)26-3/h5-13,15H,4,14,16H2,1-3H3. The second-order valence-electron chi connectivity index (χ2n) is 5.80. The van der Waals surface area contributed by atoms with Crippen LogP contribution in [0.2, 0.25) is 0 Å². The van der Waals surface area contributed by atoms with Gasteiger partial charge in [0, 0.05) is 5.75 Å². The molecule has 148 valence electrons. The molecule has 0 heterocycles. The molecule has 2 aromatic rings. The summed E-state index contributed by atoms with van der Waals surface area (Å²) in [7, 11) is 2.86. The third-order valence-corrected chi connectivity index (χ3v) is 5.04. The molecular formula is C22H25NO4S. The maximum Gasteiger partial charge on any atom is 0.341 e. The number of methoxy groups -OCH3 is 2. The van der Waals surface area contributed by atoms with Gasteiger partial charge in [0.15, 0.2) is 0 Å². The number of esters is 1. The molecule has 0 atom stereocenters. The highest BCUT2D eigenvalue weighted by molar-refractivity contribution is 8.13. The summed E-state index contributed by atoms with van der Waals surface area (Å²) in [6.45, 7) is 2.47. The molecule has 0 aliphatic rings. The lowest BCUT2D eigenvalue weighted by atomic mass is 10.0. The van der Waals surface area contributed by atoms with Crippen LogP contribution in [0.5, 0.6) is 0 Å². The molecule has 5 nitrogen and oxygen atoms in total. The molecule has 2 aromatic carbocycles. The maximum absolute atomic E-state index is 12.1. The summed E-state index contributed by atoms with van der Waals surface area (Å²) in [5.74, 6) is 0.213. The summed E-state index contributed by atoms with van der Waals surface area (Å²) in [6.07, 6.45) is 2.17. The Balaban J connectivity index is 2.07. The first-order valence-electron chi connectivity index (χ1n) is 8.94. The molecule has 0 amide bonds. The number of oxime groups is 1. The molecule has 0 unspecified atom stereocenters. The van der Waals surface area contributed by atoms with Crippen LogP contribution in [-0.2, 0) is 31.5 Å². The maximum atomic E-state index is 12.1. The van der Waals surface area contributed by atoms with Gasteiger partial charge in [0.2, 0.25) is 0 Å². The van der Waals surface area contributed by atoms with Crippen LogP contribution in [0.3, 0.4) is 0 Å². The highest BCUT2D eigenvalue weighted by Crippen LogP contribution is 2.25. The van der Waals surface area contributed by atoms with E-state index in [9.17, 15) is 4.79 Å². The number of hydrogen-bond donors (Lipinski definition) is 0.